The van der Waals surface area contributed by atoms with Crippen LogP contribution in [0.3, 0.4) is 0 Å². The average molecular weight is 230 g/mol. The van der Waals surface area contributed by atoms with Crippen molar-refractivity contribution in [3.05, 3.63) is 42.1 Å². The molecule has 0 atom stereocenters. The molecule has 0 aliphatic carbocycles. The SMILES string of the molecule is CC(C)c1nccc(NCCc2ccc[nH]2)n1. The first kappa shape index (κ1) is 11.6. The summed E-state index contributed by atoms with van der Waals surface area (Å²) in [7, 11) is 0. The van der Waals surface area contributed by atoms with Gasteiger partial charge in [0.1, 0.15) is 11.6 Å². The first-order chi connectivity index (χ1) is 8.25. The van der Waals surface area contributed by atoms with E-state index in [2.05, 4.69) is 40.2 Å². The van der Waals surface area contributed by atoms with Crippen molar-refractivity contribution in [1.29, 1.82) is 0 Å². The number of anilines is 1. The van der Waals surface area contributed by atoms with Gasteiger partial charge in [-0.3, -0.25) is 0 Å². The molecule has 2 aromatic rings. The van der Waals surface area contributed by atoms with Crippen molar-refractivity contribution in [3.8, 4) is 0 Å². The van der Waals surface area contributed by atoms with E-state index in [1.54, 1.807) is 6.20 Å². The Bertz CT molecular complexity index is 448. The lowest BCUT2D eigenvalue weighted by Crippen LogP contribution is -2.08. The van der Waals surface area contributed by atoms with Crippen LogP contribution in [0.2, 0.25) is 0 Å². The molecule has 17 heavy (non-hydrogen) atoms. The van der Waals surface area contributed by atoms with Crippen molar-refractivity contribution in [3.63, 3.8) is 0 Å². The number of nitrogens with one attached hydrogen (secondary N) is 2. The normalized spacial score (nSPS) is 10.8. The van der Waals surface area contributed by atoms with Crippen molar-refractivity contribution in [2.45, 2.75) is 26.2 Å². The van der Waals surface area contributed by atoms with Crippen LogP contribution in [0.15, 0.2) is 30.6 Å². The van der Waals surface area contributed by atoms with Crippen LogP contribution < -0.4 is 5.32 Å². The summed E-state index contributed by atoms with van der Waals surface area (Å²) in [5.41, 5.74) is 1.23. The molecule has 0 spiro atoms. The highest BCUT2D eigenvalue weighted by molar-refractivity contribution is 5.33. The van der Waals surface area contributed by atoms with Gasteiger partial charge in [-0.2, -0.15) is 0 Å². The Hall–Kier alpha value is -1.84. The Morgan fingerprint density at radius 2 is 2.24 bits per heavy atom. The second-order valence-electron chi connectivity index (χ2n) is 4.33. The van der Waals surface area contributed by atoms with Crippen LogP contribution in [-0.2, 0) is 6.42 Å². The molecule has 4 heteroatoms. The maximum Gasteiger partial charge on any atom is 0.133 e. The fourth-order valence-corrected chi connectivity index (χ4v) is 1.60. The maximum absolute atomic E-state index is 4.46. The lowest BCUT2D eigenvalue weighted by atomic mass is 10.2. The van der Waals surface area contributed by atoms with Crippen LogP contribution in [0, 0.1) is 0 Å². The number of aromatic amines is 1. The van der Waals surface area contributed by atoms with Crippen molar-refractivity contribution in [2.75, 3.05) is 11.9 Å². The predicted molar refractivity (Wildman–Crippen MR) is 69.1 cm³/mol. The van der Waals surface area contributed by atoms with Crippen molar-refractivity contribution < 1.29 is 0 Å². The van der Waals surface area contributed by atoms with Crippen LogP contribution >= 0.6 is 0 Å². The van der Waals surface area contributed by atoms with Gasteiger partial charge in [0.2, 0.25) is 0 Å². The fourth-order valence-electron chi connectivity index (χ4n) is 1.60. The van der Waals surface area contributed by atoms with E-state index in [0.29, 0.717) is 5.92 Å². The number of nitrogens with zero attached hydrogens (tertiary/aromatic N) is 2. The maximum atomic E-state index is 4.46. The van der Waals surface area contributed by atoms with Gasteiger partial charge >= 0.3 is 0 Å². The molecule has 0 fully saturated rings. The van der Waals surface area contributed by atoms with E-state index in [0.717, 1.165) is 24.6 Å². The summed E-state index contributed by atoms with van der Waals surface area (Å²) < 4.78 is 0. The third-order valence-electron chi connectivity index (χ3n) is 2.55. The Morgan fingerprint density at radius 3 is 2.94 bits per heavy atom. The van der Waals surface area contributed by atoms with E-state index in [9.17, 15) is 0 Å². The Balaban J connectivity index is 1.88. The van der Waals surface area contributed by atoms with E-state index < -0.39 is 0 Å². The molecular weight excluding hydrogens is 212 g/mol. The van der Waals surface area contributed by atoms with E-state index in [-0.39, 0.29) is 0 Å². The Labute approximate surface area is 102 Å². The number of hydrogen-bond donors (Lipinski definition) is 2. The molecule has 2 heterocycles. The Kier molecular flexibility index (Phi) is 3.75. The highest BCUT2D eigenvalue weighted by Gasteiger charge is 2.03. The zero-order valence-electron chi connectivity index (χ0n) is 10.3. The van der Waals surface area contributed by atoms with E-state index >= 15 is 0 Å². The van der Waals surface area contributed by atoms with Gasteiger partial charge < -0.3 is 10.3 Å². The smallest absolute Gasteiger partial charge is 0.133 e. The summed E-state index contributed by atoms with van der Waals surface area (Å²) in [6.07, 6.45) is 4.71. The van der Waals surface area contributed by atoms with Gasteiger partial charge in [-0.25, -0.2) is 9.97 Å². The first-order valence-corrected chi connectivity index (χ1v) is 5.95. The third-order valence-corrected chi connectivity index (χ3v) is 2.55. The highest BCUT2D eigenvalue weighted by Crippen LogP contribution is 2.10. The molecule has 0 radical (unpaired) electrons. The fraction of sp³-hybridized carbons (Fsp3) is 0.385. The molecule has 2 N–H and O–H groups in total. The molecule has 0 saturated carbocycles. The summed E-state index contributed by atoms with van der Waals surface area (Å²) in [5.74, 6) is 2.14. The van der Waals surface area contributed by atoms with Crippen molar-refractivity contribution in [1.82, 2.24) is 15.0 Å². The van der Waals surface area contributed by atoms with Gasteiger partial charge in [-0.1, -0.05) is 13.8 Å². The molecule has 0 aromatic carbocycles. The van der Waals surface area contributed by atoms with E-state index in [1.807, 2.05) is 18.3 Å². The molecule has 4 nitrogen and oxygen atoms in total. The standard InChI is InChI=1S/C13H18N4/c1-10(2)13-16-9-6-12(17-13)15-8-5-11-4-3-7-14-11/h3-4,6-7,9-10,14H,5,8H2,1-2H3,(H,15,16,17). The summed E-state index contributed by atoms with van der Waals surface area (Å²) in [5, 5.41) is 3.31. The quantitative estimate of drug-likeness (QED) is 0.830. The van der Waals surface area contributed by atoms with Crippen molar-refractivity contribution in [2.24, 2.45) is 0 Å². The largest absolute Gasteiger partial charge is 0.370 e. The molecule has 0 saturated heterocycles. The molecular formula is C13H18N4. The lowest BCUT2D eigenvalue weighted by molar-refractivity contribution is 0.773. The zero-order chi connectivity index (χ0) is 12.1. The van der Waals surface area contributed by atoms with Gasteiger partial charge in [0.15, 0.2) is 0 Å². The van der Waals surface area contributed by atoms with Gasteiger partial charge in [0.05, 0.1) is 0 Å². The Morgan fingerprint density at radius 1 is 1.35 bits per heavy atom. The van der Waals surface area contributed by atoms with E-state index in [1.165, 1.54) is 5.69 Å². The van der Waals surface area contributed by atoms with Gasteiger partial charge in [0, 0.05) is 37.0 Å². The molecule has 2 aromatic heterocycles. The number of H-pyrrole nitrogens is 1. The van der Waals surface area contributed by atoms with Crippen LogP contribution in [0.5, 0.6) is 0 Å². The van der Waals surface area contributed by atoms with E-state index in [4.69, 9.17) is 0 Å². The predicted octanol–water partition coefficient (Wildman–Crippen LogP) is 2.58. The highest BCUT2D eigenvalue weighted by atomic mass is 15.0. The number of hydrogen-bond acceptors (Lipinski definition) is 3. The van der Waals surface area contributed by atoms with Crippen LogP contribution in [0.1, 0.15) is 31.3 Å². The van der Waals surface area contributed by atoms with Gasteiger partial charge in [-0.05, 0) is 18.2 Å². The van der Waals surface area contributed by atoms with Crippen LogP contribution in [0.4, 0.5) is 5.82 Å². The van der Waals surface area contributed by atoms with Crippen molar-refractivity contribution >= 4 is 5.82 Å². The number of aromatic nitrogens is 3. The second-order valence-corrected chi connectivity index (χ2v) is 4.33. The van der Waals surface area contributed by atoms with Crippen LogP contribution in [0.25, 0.3) is 0 Å². The lowest BCUT2D eigenvalue weighted by Gasteiger charge is -2.07. The summed E-state index contributed by atoms with van der Waals surface area (Å²) >= 11 is 0. The van der Waals surface area contributed by atoms with Gasteiger partial charge in [-0.15, -0.1) is 0 Å². The summed E-state index contributed by atoms with van der Waals surface area (Å²) in [6.45, 7) is 5.06. The number of rotatable bonds is 5. The monoisotopic (exact) mass is 230 g/mol. The zero-order valence-corrected chi connectivity index (χ0v) is 10.3. The summed E-state index contributed by atoms with van der Waals surface area (Å²) in [6, 6.07) is 6.00. The average Bonchev–Trinajstić information content (AvgIpc) is 2.82. The molecule has 0 amide bonds. The first-order valence-electron chi connectivity index (χ1n) is 5.95. The second kappa shape index (κ2) is 5.48. The minimum atomic E-state index is 0.361. The van der Waals surface area contributed by atoms with Crippen LogP contribution in [-0.4, -0.2) is 21.5 Å². The molecule has 0 aliphatic rings. The molecule has 90 valence electrons. The minimum absolute atomic E-state index is 0.361. The molecule has 2 rings (SSSR count). The third kappa shape index (κ3) is 3.31. The minimum Gasteiger partial charge on any atom is -0.370 e. The van der Waals surface area contributed by atoms with Gasteiger partial charge in [0.25, 0.3) is 0 Å². The molecule has 0 bridgehead atoms. The topological polar surface area (TPSA) is 53.6 Å². The summed E-state index contributed by atoms with van der Waals surface area (Å²) in [4.78, 5) is 11.9. The molecule has 0 aliphatic heterocycles. The molecule has 0 unspecified atom stereocenters.